The fraction of sp³-hybridized carbons (Fsp3) is 0.0476. The average Bonchev–Trinajstić information content (AvgIpc) is 3.16. The number of hydrogen-bond acceptors (Lipinski definition) is 5. The molecule has 2 aromatic carbocycles. The molecule has 8 nitrogen and oxygen atoms in total. The first-order valence-corrected chi connectivity index (χ1v) is 9.05. The van der Waals surface area contributed by atoms with E-state index in [2.05, 4.69) is 15.8 Å². The van der Waals surface area contributed by atoms with Gasteiger partial charge in [-0.3, -0.25) is 9.59 Å². The number of anilines is 1. The third kappa shape index (κ3) is 5.12. The van der Waals surface area contributed by atoms with Crippen LogP contribution in [-0.2, 0) is 4.79 Å². The molecule has 3 N–H and O–H groups in total. The summed E-state index contributed by atoms with van der Waals surface area (Å²) in [7, 11) is 0. The van der Waals surface area contributed by atoms with E-state index in [0.717, 1.165) is 0 Å². The van der Waals surface area contributed by atoms with Crippen LogP contribution in [0.15, 0.2) is 64.1 Å². The van der Waals surface area contributed by atoms with Crippen molar-refractivity contribution in [2.75, 3.05) is 5.32 Å². The van der Waals surface area contributed by atoms with Crippen molar-refractivity contribution in [2.45, 2.75) is 6.92 Å². The molecule has 0 aliphatic heterocycles. The standard InChI is InChI=1S/C21H16ClN3O5/c1-12(26)24-15-4-2-3-13(9-15)20(27)25-23-11-16-6-8-19(30-16)17-10-14(21(28)29)5-7-18(17)22/h2-11H,1H3,(H,24,26)(H,25,27)(H,28,29). The summed E-state index contributed by atoms with van der Waals surface area (Å²) in [5.74, 6) is -1.10. The predicted molar refractivity (Wildman–Crippen MR) is 112 cm³/mol. The Kier molecular flexibility index (Phi) is 6.29. The molecule has 3 rings (SSSR count). The number of halogens is 1. The fourth-order valence-corrected chi connectivity index (χ4v) is 2.79. The number of benzene rings is 2. The first kappa shape index (κ1) is 20.8. The molecule has 0 fully saturated rings. The van der Waals surface area contributed by atoms with Gasteiger partial charge in [-0.25, -0.2) is 10.2 Å². The summed E-state index contributed by atoms with van der Waals surface area (Å²) in [4.78, 5) is 34.5. The number of amides is 2. The molecule has 0 aliphatic carbocycles. The maximum Gasteiger partial charge on any atom is 0.335 e. The summed E-state index contributed by atoms with van der Waals surface area (Å²) in [6.45, 7) is 1.37. The van der Waals surface area contributed by atoms with Crippen LogP contribution in [0.4, 0.5) is 5.69 Å². The molecule has 1 heterocycles. The number of nitrogens with one attached hydrogen (secondary N) is 2. The van der Waals surface area contributed by atoms with Gasteiger partial charge in [-0.2, -0.15) is 5.10 Å². The summed E-state index contributed by atoms with van der Waals surface area (Å²) in [5, 5.41) is 15.9. The van der Waals surface area contributed by atoms with Crippen LogP contribution in [-0.4, -0.2) is 29.1 Å². The first-order valence-electron chi connectivity index (χ1n) is 8.67. The molecule has 0 unspecified atom stereocenters. The van der Waals surface area contributed by atoms with Crippen LogP contribution in [0.5, 0.6) is 0 Å². The minimum absolute atomic E-state index is 0.0785. The van der Waals surface area contributed by atoms with Crippen molar-refractivity contribution in [3.05, 3.63) is 76.5 Å². The highest BCUT2D eigenvalue weighted by molar-refractivity contribution is 6.33. The van der Waals surface area contributed by atoms with Crippen molar-refractivity contribution in [3.63, 3.8) is 0 Å². The summed E-state index contributed by atoms with van der Waals surface area (Å²) < 4.78 is 5.61. The van der Waals surface area contributed by atoms with Crippen LogP contribution in [0.1, 0.15) is 33.4 Å². The second-order valence-electron chi connectivity index (χ2n) is 6.16. The molecule has 0 radical (unpaired) electrons. The molecule has 0 saturated heterocycles. The Morgan fingerprint density at radius 2 is 1.87 bits per heavy atom. The van der Waals surface area contributed by atoms with E-state index in [9.17, 15) is 14.4 Å². The van der Waals surface area contributed by atoms with E-state index in [1.54, 1.807) is 30.3 Å². The second kappa shape index (κ2) is 9.06. The zero-order valence-corrected chi connectivity index (χ0v) is 16.4. The van der Waals surface area contributed by atoms with Crippen molar-refractivity contribution in [3.8, 4) is 11.3 Å². The molecule has 0 saturated carbocycles. The van der Waals surface area contributed by atoms with Crippen molar-refractivity contribution < 1.29 is 23.9 Å². The van der Waals surface area contributed by atoms with Gasteiger partial charge in [0.05, 0.1) is 16.8 Å². The number of aromatic carboxylic acids is 1. The summed E-state index contributed by atoms with van der Waals surface area (Å²) in [6.07, 6.45) is 1.30. The monoisotopic (exact) mass is 425 g/mol. The highest BCUT2D eigenvalue weighted by atomic mass is 35.5. The van der Waals surface area contributed by atoms with Gasteiger partial charge in [0.25, 0.3) is 5.91 Å². The summed E-state index contributed by atoms with van der Waals surface area (Å²) in [6, 6.07) is 13.9. The smallest absolute Gasteiger partial charge is 0.335 e. The summed E-state index contributed by atoms with van der Waals surface area (Å²) >= 11 is 6.13. The lowest BCUT2D eigenvalue weighted by Crippen LogP contribution is -2.18. The SMILES string of the molecule is CC(=O)Nc1cccc(C(=O)NN=Cc2ccc(-c3cc(C(=O)O)ccc3Cl)o2)c1. The van der Waals surface area contributed by atoms with Crippen molar-refractivity contribution in [1.82, 2.24) is 5.43 Å². The lowest BCUT2D eigenvalue weighted by molar-refractivity contribution is -0.114. The Labute approximate surface area is 176 Å². The van der Waals surface area contributed by atoms with E-state index in [4.69, 9.17) is 21.1 Å². The van der Waals surface area contributed by atoms with E-state index >= 15 is 0 Å². The van der Waals surface area contributed by atoms with E-state index in [-0.39, 0.29) is 11.5 Å². The van der Waals surface area contributed by atoms with Gasteiger partial charge in [0.1, 0.15) is 11.5 Å². The number of carboxylic acids is 1. The van der Waals surface area contributed by atoms with Crippen LogP contribution in [0.2, 0.25) is 5.02 Å². The minimum Gasteiger partial charge on any atom is -0.478 e. The minimum atomic E-state index is -1.08. The van der Waals surface area contributed by atoms with E-state index in [1.165, 1.54) is 37.4 Å². The van der Waals surface area contributed by atoms with Crippen LogP contribution >= 0.6 is 11.6 Å². The fourth-order valence-electron chi connectivity index (χ4n) is 2.57. The second-order valence-corrected chi connectivity index (χ2v) is 6.57. The topological polar surface area (TPSA) is 121 Å². The Bertz CT molecular complexity index is 1150. The number of carbonyl (C=O) groups excluding carboxylic acids is 2. The van der Waals surface area contributed by atoms with Crippen molar-refractivity contribution in [1.29, 1.82) is 0 Å². The molecule has 30 heavy (non-hydrogen) atoms. The molecule has 1 aromatic heterocycles. The number of hydrazone groups is 1. The molecule has 9 heteroatoms. The number of carboxylic acid groups (broad SMARTS) is 1. The zero-order chi connectivity index (χ0) is 21.7. The largest absolute Gasteiger partial charge is 0.478 e. The number of rotatable bonds is 6. The van der Waals surface area contributed by atoms with Gasteiger partial charge >= 0.3 is 5.97 Å². The molecule has 0 atom stereocenters. The van der Waals surface area contributed by atoms with E-state index in [0.29, 0.717) is 33.4 Å². The van der Waals surface area contributed by atoms with Gasteiger partial charge in [-0.1, -0.05) is 17.7 Å². The van der Waals surface area contributed by atoms with Gasteiger partial charge in [-0.15, -0.1) is 0 Å². The molecular weight excluding hydrogens is 410 g/mol. The Hall–Kier alpha value is -3.91. The number of hydrogen-bond donors (Lipinski definition) is 3. The van der Waals surface area contributed by atoms with Gasteiger partial charge in [0.2, 0.25) is 5.91 Å². The van der Waals surface area contributed by atoms with Gasteiger partial charge in [0.15, 0.2) is 0 Å². The van der Waals surface area contributed by atoms with Crippen LogP contribution < -0.4 is 10.7 Å². The van der Waals surface area contributed by atoms with Gasteiger partial charge in [0, 0.05) is 23.7 Å². The van der Waals surface area contributed by atoms with Crippen LogP contribution in [0.25, 0.3) is 11.3 Å². The van der Waals surface area contributed by atoms with E-state index in [1.807, 2.05) is 0 Å². The van der Waals surface area contributed by atoms with Gasteiger partial charge in [-0.05, 0) is 48.5 Å². The maximum absolute atomic E-state index is 12.2. The molecule has 0 bridgehead atoms. The highest BCUT2D eigenvalue weighted by Gasteiger charge is 2.12. The lowest BCUT2D eigenvalue weighted by atomic mass is 10.1. The van der Waals surface area contributed by atoms with Crippen molar-refractivity contribution in [2.24, 2.45) is 5.10 Å². The highest BCUT2D eigenvalue weighted by Crippen LogP contribution is 2.30. The number of carbonyl (C=O) groups is 3. The molecule has 152 valence electrons. The number of nitrogens with zero attached hydrogens (tertiary/aromatic N) is 1. The third-order valence-corrected chi connectivity index (χ3v) is 4.24. The molecule has 3 aromatic rings. The Balaban J connectivity index is 1.69. The Morgan fingerprint density at radius 3 is 2.60 bits per heavy atom. The quantitative estimate of drug-likeness (QED) is 0.407. The molecule has 0 spiro atoms. The third-order valence-electron chi connectivity index (χ3n) is 3.91. The molecular formula is C21H16ClN3O5. The molecule has 0 aliphatic rings. The van der Waals surface area contributed by atoms with Crippen LogP contribution in [0, 0.1) is 0 Å². The lowest BCUT2D eigenvalue weighted by Gasteiger charge is -2.04. The first-order chi connectivity index (χ1) is 14.3. The summed E-state index contributed by atoms with van der Waals surface area (Å²) in [5.41, 5.74) is 3.68. The predicted octanol–water partition coefficient (Wildman–Crippen LogP) is 4.02. The van der Waals surface area contributed by atoms with Crippen LogP contribution in [0.3, 0.4) is 0 Å². The zero-order valence-electron chi connectivity index (χ0n) is 15.7. The average molecular weight is 426 g/mol. The molecule has 2 amide bonds. The maximum atomic E-state index is 12.2. The number of furan rings is 1. The Morgan fingerprint density at radius 1 is 1.07 bits per heavy atom. The normalized spacial score (nSPS) is 10.7. The van der Waals surface area contributed by atoms with E-state index < -0.39 is 11.9 Å². The van der Waals surface area contributed by atoms with Crippen molar-refractivity contribution >= 4 is 41.3 Å². The van der Waals surface area contributed by atoms with Gasteiger partial charge < -0.3 is 14.8 Å².